The first-order valence-electron chi connectivity index (χ1n) is 38.4. The largest absolute Gasteiger partial charge is 0.472 e. The molecule has 4 N–H and O–H groups in total. The molecule has 0 aliphatic heterocycles. The Bertz CT molecular complexity index is 2700. The fourth-order valence-electron chi connectivity index (χ4n) is 9.26. The number of aliphatic hydroxyl groups excluding tert-OH is 2. The smallest absolute Gasteiger partial charge is 0.463 e. The van der Waals surface area contributed by atoms with Crippen LogP contribution >= 0.6 is 15.6 Å². The van der Waals surface area contributed by atoms with Crippen molar-refractivity contribution in [3.63, 3.8) is 0 Å². The number of phosphoric acid groups is 2. The summed E-state index contributed by atoms with van der Waals surface area (Å²) in [7, 11) is -9.84. The van der Waals surface area contributed by atoms with Crippen LogP contribution in [-0.4, -0.2) is 95.9 Å². The van der Waals surface area contributed by atoms with Gasteiger partial charge in [-0.2, -0.15) is 0 Å². The molecule has 5 unspecified atom stereocenters. The predicted octanol–water partition coefficient (Wildman–Crippen LogP) is 22.5. The van der Waals surface area contributed by atoms with Crippen LogP contribution in [0.5, 0.6) is 0 Å². The van der Waals surface area contributed by atoms with Crippen molar-refractivity contribution in [3.05, 3.63) is 207 Å². The van der Waals surface area contributed by atoms with Crippen molar-refractivity contribution in [2.75, 3.05) is 39.6 Å². The Labute approximate surface area is 622 Å². The van der Waals surface area contributed by atoms with Gasteiger partial charge in [-0.3, -0.25) is 32.5 Å². The van der Waals surface area contributed by atoms with E-state index in [1.165, 1.54) is 0 Å². The molecule has 0 radical (unpaired) electrons. The quantitative estimate of drug-likeness (QED) is 0.0146. The summed E-state index contributed by atoms with van der Waals surface area (Å²) in [5, 5.41) is 20.6. The fourth-order valence-corrected chi connectivity index (χ4v) is 10.8. The van der Waals surface area contributed by atoms with E-state index in [0.717, 1.165) is 186 Å². The standard InChI is InChI=1S/C85H134O16P2/c1-4-7-10-13-16-19-22-25-28-31-33-35-37-39-41-43-45-48-50-53-56-59-62-65-68-71-83(88)95-74-80(86)75-97-102(91,92)98-76-81(87)77-99-103(93,94)100-79-82(101-85(90)73-70-67-64-61-58-55-52-47-30-27-24-21-18-15-12-9-6-3)78-96-84(89)72-69-66-63-60-57-54-51-49-46-44-42-40-38-36-34-32-29-26-23-20-17-14-11-8-5-2/h7-12,16-21,25-30,33-36,39-42,45-46,48-49,52,55,61,64,80-82,86-87H,4-6,13-15,22-24,31-32,37-38,43-44,47,50-51,53-54,56-60,62-63,65-79H2,1-3H3,(H,91,92)(H,93,94)/b10-7-,11-8-,12-9-,19-16-,20-17-,21-18-,28-25-,29-26-,30-27-,35-33-,36-34-,41-39-,42-40-,48-45-,49-46-,55-52-,64-61-. The van der Waals surface area contributed by atoms with E-state index in [2.05, 4.69) is 215 Å². The lowest BCUT2D eigenvalue weighted by atomic mass is 10.1. The van der Waals surface area contributed by atoms with E-state index in [0.29, 0.717) is 25.7 Å². The summed E-state index contributed by atoms with van der Waals surface area (Å²) in [6.45, 7) is 2.19. The molecule has 0 bridgehead atoms. The van der Waals surface area contributed by atoms with E-state index in [1.807, 2.05) is 12.2 Å². The Morgan fingerprint density at radius 3 is 0.796 bits per heavy atom. The molecular formula is C85H134O16P2. The number of carbonyl (C=O) groups is 3. The highest BCUT2D eigenvalue weighted by molar-refractivity contribution is 7.47. The van der Waals surface area contributed by atoms with Gasteiger partial charge in [0, 0.05) is 19.3 Å². The molecule has 18 heteroatoms. The highest BCUT2D eigenvalue weighted by atomic mass is 31.2. The van der Waals surface area contributed by atoms with Crippen LogP contribution in [0.2, 0.25) is 0 Å². The molecule has 0 amide bonds. The van der Waals surface area contributed by atoms with Gasteiger partial charge in [-0.15, -0.1) is 0 Å². The topological polar surface area (TPSA) is 231 Å². The van der Waals surface area contributed by atoms with Crippen LogP contribution in [0, 0.1) is 0 Å². The Balaban J connectivity index is 4.75. The minimum atomic E-state index is -4.96. The molecule has 0 rings (SSSR count). The summed E-state index contributed by atoms with van der Waals surface area (Å²) in [6, 6.07) is 0. The van der Waals surface area contributed by atoms with Crippen molar-refractivity contribution >= 4 is 33.6 Å². The molecule has 0 fully saturated rings. The summed E-state index contributed by atoms with van der Waals surface area (Å²) in [4.78, 5) is 58.6. The third-order valence-electron chi connectivity index (χ3n) is 15.0. The Kier molecular flexibility index (Phi) is 71.5. The average Bonchev–Trinajstić information content (AvgIpc) is 0.914. The molecule has 580 valence electrons. The summed E-state index contributed by atoms with van der Waals surface area (Å²) >= 11 is 0. The molecule has 0 spiro atoms. The van der Waals surface area contributed by atoms with Gasteiger partial charge in [0.05, 0.1) is 26.4 Å². The van der Waals surface area contributed by atoms with Gasteiger partial charge >= 0.3 is 33.6 Å². The van der Waals surface area contributed by atoms with Crippen LogP contribution in [-0.2, 0) is 55.8 Å². The van der Waals surface area contributed by atoms with E-state index in [1.54, 1.807) is 0 Å². The van der Waals surface area contributed by atoms with Gasteiger partial charge in [0.25, 0.3) is 0 Å². The van der Waals surface area contributed by atoms with Crippen LogP contribution < -0.4 is 0 Å². The lowest BCUT2D eigenvalue weighted by Gasteiger charge is -2.21. The molecular weight excluding hydrogens is 1340 g/mol. The minimum Gasteiger partial charge on any atom is -0.463 e. The van der Waals surface area contributed by atoms with Gasteiger partial charge < -0.3 is 34.2 Å². The average molecular weight is 1470 g/mol. The summed E-state index contributed by atoms with van der Waals surface area (Å²) in [5.41, 5.74) is 0. The molecule has 0 aromatic carbocycles. The number of hydrogen-bond acceptors (Lipinski definition) is 14. The number of phosphoric ester groups is 2. The molecule has 0 aliphatic rings. The minimum absolute atomic E-state index is 0.0132. The third-order valence-corrected chi connectivity index (χ3v) is 16.9. The van der Waals surface area contributed by atoms with Crippen LogP contribution in [0.1, 0.15) is 252 Å². The second-order valence-corrected chi connectivity index (χ2v) is 27.6. The number of allylic oxidation sites excluding steroid dienone is 34. The first-order chi connectivity index (χ1) is 50.2. The highest BCUT2D eigenvalue weighted by Crippen LogP contribution is 2.45. The molecule has 103 heavy (non-hydrogen) atoms. The van der Waals surface area contributed by atoms with Crippen LogP contribution in [0.3, 0.4) is 0 Å². The lowest BCUT2D eigenvalue weighted by Crippen LogP contribution is -2.30. The first-order valence-corrected chi connectivity index (χ1v) is 41.4. The number of carbonyl (C=O) groups excluding carboxylic acids is 3. The van der Waals surface area contributed by atoms with Crippen molar-refractivity contribution in [3.8, 4) is 0 Å². The number of hydrogen-bond donors (Lipinski definition) is 4. The molecule has 0 aromatic heterocycles. The molecule has 16 nitrogen and oxygen atoms in total. The van der Waals surface area contributed by atoms with E-state index < -0.39 is 91.5 Å². The summed E-state index contributed by atoms with van der Waals surface area (Å²) in [5.74, 6) is -1.69. The maximum atomic E-state index is 13.0. The first kappa shape index (κ1) is 97.1. The van der Waals surface area contributed by atoms with E-state index in [-0.39, 0.29) is 19.3 Å². The Hall–Kier alpha value is -5.87. The highest BCUT2D eigenvalue weighted by Gasteiger charge is 2.29. The zero-order chi connectivity index (χ0) is 75.2. The van der Waals surface area contributed by atoms with Crippen LogP contribution in [0.15, 0.2) is 207 Å². The second-order valence-electron chi connectivity index (χ2n) is 24.7. The number of aliphatic hydroxyl groups is 2. The molecule has 0 saturated carbocycles. The number of ether oxygens (including phenoxy) is 3. The van der Waals surface area contributed by atoms with Crippen LogP contribution in [0.4, 0.5) is 0 Å². The monoisotopic (exact) mass is 1470 g/mol. The second kappa shape index (κ2) is 75.8. The Morgan fingerprint density at radius 2 is 0.495 bits per heavy atom. The van der Waals surface area contributed by atoms with Gasteiger partial charge in [0.2, 0.25) is 0 Å². The SMILES string of the molecule is CC/C=C\C/C=C\C/C=C\C/C=C\C/C=C\C/C=C\CCCCCCCCC(=O)OCC(O)COP(=O)(O)OCC(O)COP(=O)(O)OCC(COC(=O)CCCCCCCC/C=C\C/C=C\C/C=C\C/C=C\C/C=C\C/C=C\CC)OC(=O)CCC/C=C\C/C=C\C/C=C\C/C=C\C/C=C\CC. The predicted molar refractivity (Wildman–Crippen MR) is 426 cm³/mol. The van der Waals surface area contributed by atoms with E-state index in [4.69, 9.17) is 32.3 Å². The summed E-state index contributed by atoms with van der Waals surface area (Å²) in [6.07, 6.45) is 100. The number of esters is 3. The summed E-state index contributed by atoms with van der Waals surface area (Å²) < 4.78 is 61.0. The normalized spacial score (nSPS) is 15.1. The molecule has 0 heterocycles. The third kappa shape index (κ3) is 77.1. The van der Waals surface area contributed by atoms with Crippen molar-refractivity contribution < 1.29 is 75.8 Å². The van der Waals surface area contributed by atoms with E-state index >= 15 is 0 Å². The number of rotatable bonds is 70. The maximum Gasteiger partial charge on any atom is 0.472 e. The van der Waals surface area contributed by atoms with Crippen molar-refractivity contribution in [2.24, 2.45) is 0 Å². The van der Waals surface area contributed by atoms with E-state index in [9.17, 15) is 43.5 Å². The zero-order valence-electron chi connectivity index (χ0n) is 63.1. The van der Waals surface area contributed by atoms with Crippen LogP contribution in [0.25, 0.3) is 0 Å². The molecule has 0 aliphatic carbocycles. The molecule has 0 saturated heterocycles. The van der Waals surface area contributed by atoms with Gasteiger partial charge in [-0.05, 0) is 161 Å². The van der Waals surface area contributed by atoms with Gasteiger partial charge in [-0.1, -0.05) is 279 Å². The molecule has 5 atom stereocenters. The zero-order valence-corrected chi connectivity index (χ0v) is 64.9. The Morgan fingerprint density at radius 1 is 0.272 bits per heavy atom. The van der Waals surface area contributed by atoms with Crippen molar-refractivity contribution in [1.29, 1.82) is 0 Å². The number of unbranched alkanes of at least 4 members (excludes halogenated alkanes) is 13. The van der Waals surface area contributed by atoms with Crippen molar-refractivity contribution in [2.45, 2.75) is 270 Å². The maximum absolute atomic E-state index is 13.0. The molecule has 0 aromatic rings. The van der Waals surface area contributed by atoms with Gasteiger partial charge in [0.1, 0.15) is 25.4 Å². The van der Waals surface area contributed by atoms with Gasteiger partial charge in [-0.25, -0.2) is 9.13 Å². The fraction of sp³-hybridized carbons (Fsp3) is 0.565. The van der Waals surface area contributed by atoms with Gasteiger partial charge in [0.15, 0.2) is 6.10 Å². The lowest BCUT2D eigenvalue weighted by molar-refractivity contribution is -0.161. The van der Waals surface area contributed by atoms with Crippen molar-refractivity contribution in [1.82, 2.24) is 0 Å².